The Hall–Kier alpha value is -2.44. The molecule has 3 rings (SSSR count). The van der Waals surface area contributed by atoms with E-state index in [2.05, 4.69) is 10.3 Å². The molecule has 0 spiro atoms. The summed E-state index contributed by atoms with van der Waals surface area (Å²) < 4.78 is 1.85. The van der Waals surface area contributed by atoms with E-state index in [1.165, 1.54) is 6.92 Å². The number of aromatic nitrogens is 3. The van der Waals surface area contributed by atoms with Crippen molar-refractivity contribution in [3.63, 3.8) is 0 Å². The van der Waals surface area contributed by atoms with Gasteiger partial charge in [-0.2, -0.15) is 5.10 Å². The molecule has 2 amide bonds. The Bertz CT molecular complexity index is 755. The fourth-order valence-corrected chi connectivity index (χ4v) is 3.26. The fraction of sp³-hybridized carbons (Fsp3) is 0.529. The minimum atomic E-state index is -0.0517. The molecule has 0 radical (unpaired) electrons. The van der Waals surface area contributed by atoms with E-state index in [9.17, 15) is 9.59 Å². The van der Waals surface area contributed by atoms with Gasteiger partial charge in [0.2, 0.25) is 11.8 Å². The number of nitrogens with zero attached hydrogens (tertiary/aromatic N) is 4. The smallest absolute Gasteiger partial charge is 0.222 e. The summed E-state index contributed by atoms with van der Waals surface area (Å²) in [6.07, 6.45) is 3.23. The van der Waals surface area contributed by atoms with E-state index in [0.29, 0.717) is 19.5 Å². The number of likely N-dealkylation sites (tertiary alicyclic amines) is 1. The second kappa shape index (κ2) is 6.98. The number of hydrogen-bond acceptors (Lipinski definition) is 4. The molecule has 1 aliphatic rings. The summed E-state index contributed by atoms with van der Waals surface area (Å²) >= 11 is 0. The number of amides is 2. The molecule has 0 aliphatic carbocycles. The zero-order valence-electron chi connectivity index (χ0n) is 14.2. The molecule has 1 aliphatic heterocycles. The van der Waals surface area contributed by atoms with Crippen molar-refractivity contribution < 1.29 is 9.59 Å². The number of rotatable bonds is 5. The van der Waals surface area contributed by atoms with Gasteiger partial charge in [0.05, 0.1) is 12.2 Å². The molecule has 2 aromatic rings. The molecule has 0 unspecified atom stereocenters. The zero-order valence-corrected chi connectivity index (χ0v) is 14.2. The van der Waals surface area contributed by atoms with E-state index in [1.807, 2.05) is 28.6 Å². The van der Waals surface area contributed by atoms with Gasteiger partial charge in [-0.25, -0.2) is 9.67 Å². The summed E-state index contributed by atoms with van der Waals surface area (Å²) in [6, 6.07) is 3.94. The average molecular weight is 329 g/mol. The molecule has 7 nitrogen and oxygen atoms in total. The van der Waals surface area contributed by atoms with Crippen LogP contribution in [-0.4, -0.2) is 51.1 Å². The molecule has 1 saturated heterocycles. The molecule has 1 fully saturated rings. The Kier molecular flexibility index (Phi) is 4.78. The molecule has 0 bridgehead atoms. The summed E-state index contributed by atoms with van der Waals surface area (Å²) in [5.41, 5.74) is 1.84. The highest BCUT2D eigenvalue weighted by atomic mass is 16.2. The van der Waals surface area contributed by atoms with Crippen molar-refractivity contribution in [3.05, 3.63) is 24.0 Å². The number of carbonyl (C=O) groups excluding carboxylic acids is 2. The maximum Gasteiger partial charge on any atom is 0.222 e. The first-order chi connectivity index (χ1) is 11.6. The molecular weight excluding hydrogens is 306 g/mol. The highest BCUT2D eigenvalue weighted by Gasteiger charge is 2.30. The van der Waals surface area contributed by atoms with Gasteiger partial charge in [-0.05, 0) is 18.6 Å². The van der Waals surface area contributed by atoms with E-state index in [-0.39, 0.29) is 17.7 Å². The molecule has 3 heterocycles. The summed E-state index contributed by atoms with van der Waals surface area (Å²) in [5.74, 6) is 0.392. The standard InChI is InChI=1S/C17H23N5O2/c1-3-15(24)21-9-6-13(11-21)16-14-5-4-7-19-17(14)22(20-16)10-8-18-12(2)23/h4-5,7,13H,3,6,8-11H2,1-2H3,(H,18,23)/t13-/m0/s1. The Morgan fingerprint density at radius 2 is 2.25 bits per heavy atom. The lowest BCUT2D eigenvalue weighted by atomic mass is 10.0. The molecular formula is C17H23N5O2. The summed E-state index contributed by atoms with van der Waals surface area (Å²) in [7, 11) is 0. The molecule has 0 aromatic carbocycles. The van der Waals surface area contributed by atoms with Crippen molar-refractivity contribution in [3.8, 4) is 0 Å². The maximum atomic E-state index is 11.9. The van der Waals surface area contributed by atoms with Gasteiger partial charge in [0.1, 0.15) is 0 Å². The monoisotopic (exact) mass is 329 g/mol. The Morgan fingerprint density at radius 3 is 3.00 bits per heavy atom. The van der Waals surface area contributed by atoms with E-state index in [4.69, 9.17) is 5.10 Å². The molecule has 7 heteroatoms. The van der Waals surface area contributed by atoms with Crippen molar-refractivity contribution >= 4 is 22.8 Å². The zero-order chi connectivity index (χ0) is 17.1. The second-order valence-electron chi connectivity index (χ2n) is 6.14. The Morgan fingerprint density at radius 1 is 1.42 bits per heavy atom. The average Bonchev–Trinajstić information content (AvgIpc) is 3.19. The third-order valence-corrected chi connectivity index (χ3v) is 4.46. The van der Waals surface area contributed by atoms with E-state index >= 15 is 0 Å². The van der Waals surface area contributed by atoms with Crippen LogP contribution < -0.4 is 5.32 Å². The van der Waals surface area contributed by atoms with Gasteiger partial charge in [-0.15, -0.1) is 0 Å². The van der Waals surface area contributed by atoms with Gasteiger partial charge in [-0.1, -0.05) is 6.92 Å². The lowest BCUT2D eigenvalue weighted by Gasteiger charge is -2.14. The molecule has 128 valence electrons. The third kappa shape index (κ3) is 3.25. The predicted octanol–water partition coefficient (Wildman–Crippen LogP) is 1.29. The topological polar surface area (TPSA) is 80.1 Å². The van der Waals surface area contributed by atoms with Gasteiger partial charge >= 0.3 is 0 Å². The SMILES string of the molecule is CCC(=O)N1CC[C@H](c2nn(CCNC(C)=O)c3ncccc23)C1. The normalized spacial score (nSPS) is 17.4. The van der Waals surface area contributed by atoms with E-state index < -0.39 is 0 Å². The van der Waals surface area contributed by atoms with Crippen LogP contribution in [0.25, 0.3) is 11.0 Å². The lowest BCUT2D eigenvalue weighted by Crippen LogP contribution is -2.27. The predicted molar refractivity (Wildman–Crippen MR) is 90.4 cm³/mol. The maximum absolute atomic E-state index is 11.9. The largest absolute Gasteiger partial charge is 0.354 e. The van der Waals surface area contributed by atoms with Crippen molar-refractivity contribution in [2.24, 2.45) is 0 Å². The minimum absolute atomic E-state index is 0.0517. The fourth-order valence-electron chi connectivity index (χ4n) is 3.26. The van der Waals surface area contributed by atoms with Crippen LogP contribution in [-0.2, 0) is 16.1 Å². The summed E-state index contributed by atoms with van der Waals surface area (Å²) in [6.45, 7) is 6.01. The van der Waals surface area contributed by atoms with Crippen LogP contribution >= 0.6 is 0 Å². The van der Waals surface area contributed by atoms with Crippen LogP contribution in [0.1, 0.15) is 38.3 Å². The minimum Gasteiger partial charge on any atom is -0.354 e. The van der Waals surface area contributed by atoms with Gasteiger partial charge in [0.15, 0.2) is 5.65 Å². The Balaban J connectivity index is 1.83. The van der Waals surface area contributed by atoms with Crippen LogP contribution in [0.15, 0.2) is 18.3 Å². The van der Waals surface area contributed by atoms with Crippen molar-refractivity contribution in [2.75, 3.05) is 19.6 Å². The van der Waals surface area contributed by atoms with E-state index in [1.54, 1.807) is 6.20 Å². The van der Waals surface area contributed by atoms with Crippen LogP contribution in [0.2, 0.25) is 0 Å². The first-order valence-corrected chi connectivity index (χ1v) is 8.43. The third-order valence-electron chi connectivity index (χ3n) is 4.46. The quantitative estimate of drug-likeness (QED) is 0.896. The number of carbonyl (C=O) groups is 2. The molecule has 24 heavy (non-hydrogen) atoms. The summed E-state index contributed by atoms with van der Waals surface area (Å²) in [5, 5.41) is 8.58. The molecule has 2 aromatic heterocycles. The molecule has 1 N–H and O–H groups in total. The lowest BCUT2D eigenvalue weighted by molar-refractivity contribution is -0.129. The number of pyridine rings is 1. The molecule has 0 saturated carbocycles. The summed E-state index contributed by atoms with van der Waals surface area (Å²) in [4.78, 5) is 29.3. The van der Waals surface area contributed by atoms with Gasteiger partial charge in [0, 0.05) is 50.5 Å². The van der Waals surface area contributed by atoms with Crippen LogP contribution in [0.4, 0.5) is 0 Å². The van der Waals surface area contributed by atoms with Crippen molar-refractivity contribution in [1.82, 2.24) is 25.0 Å². The van der Waals surface area contributed by atoms with Gasteiger partial charge in [-0.3, -0.25) is 9.59 Å². The van der Waals surface area contributed by atoms with Crippen LogP contribution in [0.3, 0.4) is 0 Å². The van der Waals surface area contributed by atoms with Crippen molar-refractivity contribution in [2.45, 2.75) is 39.2 Å². The highest BCUT2D eigenvalue weighted by molar-refractivity contribution is 5.80. The van der Waals surface area contributed by atoms with E-state index in [0.717, 1.165) is 36.2 Å². The van der Waals surface area contributed by atoms with Crippen LogP contribution in [0, 0.1) is 0 Å². The van der Waals surface area contributed by atoms with Crippen LogP contribution in [0.5, 0.6) is 0 Å². The van der Waals surface area contributed by atoms with Gasteiger partial charge in [0.25, 0.3) is 0 Å². The number of nitrogens with one attached hydrogen (secondary N) is 1. The highest BCUT2D eigenvalue weighted by Crippen LogP contribution is 2.31. The second-order valence-corrected chi connectivity index (χ2v) is 6.14. The first kappa shape index (κ1) is 16.4. The first-order valence-electron chi connectivity index (χ1n) is 8.43. The number of hydrogen-bond donors (Lipinski definition) is 1. The van der Waals surface area contributed by atoms with Gasteiger partial charge < -0.3 is 10.2 Å². The van der Waals surface area contributed by atoms with Crippen molar-refractivity contribution in [1.29, 1.82) is 0 Å². The number of fused-ring (bicyclic) bond motifs is 1. The molecule has 1 atom stereocenters. The Labute approximate surface area is 141 Å².